The number of benzene rings is 3. The molecule has 1 fully saturated rings. The lowest BCUT2D eigenvalue weighted by molar-refractivity contribution is -0.0501. The highest BCUT2D eigenvalue weighted by Crippen LogP contribution is 2.35. The molecule has 4 rings (SSSR count). The number of piperidine rings is 1. The minimum atomic E-state index is -0.779. The van der Waals surface area contributed by atoms with Crippen molar-refractivity contribution in [2.24, 2.45) is 0 Å². The summed E-state index contributed by atoms with van der Waals surface area (Å²) in [6.45, 7) is 3.55. The van der Waals surface area contributed by atoms with E-state index in [1.54, 1.807) is 0 Å². The van der Waals surface area contributed by atoms with Crippen LogP contribution in [0.3, 0.4) is 0 Å². The van der Waals surface area contributed by atoms with Gasteiger partial charge in [-0.25, -0.2) is 0 Å². The number of rotatable bonds is 6. The third-order valence-electron chi connectivity index (χ3n) is 6.17. The molecule has 3 aromatic rings. The monoisotopic (exact) mass is 403 g/mol. The van der Waals surface area contributed by atoms with Crippen molar-refractivity contribution in [2.75, 3.05) is 13.1 Å². The Hall–Kier alpha value is -2.66. The van der Waals surface area contributed by atoms with Crippen molar-refractivity contribution in [3.05, 3.63) is 96.1 Å². The number of para-hydroxylation sites is 1. The third-order valence-corrected chi connectivity index (χ3v) is 6.17. The second-order valence-corrected chi connectivity index (χ2v) is 8.10. The first-order valence-corrected chi connectivity index (χ1v) is 10.6. The summed E-state index contributed by atoms with van der Waals surface area (Å²) in [6.07, 6.45) is 0.731. The Balaban J connectivity index is 1.36. The number of ether oxygens (including phenoxy) is 1. The molecule has 0 aromatic heterocycles. The SMILES string of the molecule is C[C@@H]([C@@H](O)c1ccc(Oc2ccccc2)cc1)N1CCC(O)(c2ccccc2)CC1. The summed E-state index contributed by atoms with van der Waals surface area (Å²) in [7, 11) is 0. The maximum Gasteiger partial charge on any atom is 0.127 e. The van der Waals surface area contributed by atoms with Gasteiger partial charge in [0.1, 0.15) is 11.5 Å². The molecule has 0 spiro atoms. The van der Waals surface area contributed by atoms with Crippen LogP contribution >= 0.6 is 0 Å². The summed E-state index contributed by atoms with van der Waals surface area (Å²) in [5, 5.41) is 22.0. The van der Waals surface area contributed by atoms with Crippen LogP contribution in [0.4, 0.5) is 0 Å². The van der Waals surface area contributed by atoms with Crippen LogP contribution in [0.2, 0.25) is 0 Å². The zero-order chi connectivity index (χ0) is 21.0. The van der Waals surface area contributed by atoms with Crippen LogP contribution < -0.4 is 4.74 Å². The maximum atomic E-state index is 11.0. The van der Waals surface area contributed by atoms with Gasteiger partial charge in [0.25, 0.3) is 0 Å². The molecule has 1 aliphatic heterocycles. The molecule has 30 heavy (non-hydrogen) atoms. The molecule has 4 heteroatoms. The molecule has 1 aliphatic rings. The molecule has 0 bridgehead atoms. The van der Waals surface area contributed by atoms with E-state index < -0.39 is 11.7 Å². The lowest BCUT2D eigenvalue weighted by Crippen LogP contribution is -2.47. The van der Waals surface area contributed by atoms with Crippen LogP contribution in [-0.2, 0) is 5.60 Å². The molecule has 3 aromatic carbocycles. The second-order valence-electron chi connectivity index (χ2n) is 8.10. The minimum absolute atomic E-state index is 0.0359. The van der Waals surface area contributed by atoms with Gasteiger partial charge in [0.2, 0.25) is 0 Å². The Morgan fingerprint density at radius 1 is 0.800 bits per heavy atom. The van der Waals surface area contributed by atoms with E-state index >= 15 is 0 Å². The van der Waals surface area contributed by atoms with Crippen LogP contribution in [0.5, 0.6) is 11.5 Å². The number of aliphatic hydroxyl groups is 2. The Morgan fingerprint density at radius 3 is 1.93 bits per heavy atom. The van der Waals surface area contributed by atoms with Gasteiger partial charge in [-0.05, 0) is 55.2 Å². The molecule has 156 valence electrons. The van der Waals surface area contributed by atoms with Crippen LogP contribution in [0, 0.1) is 0 Å². The van der Waals surface area contributed by atoms with E-state index in [1.165, 1.54) is 0 Å². The molecule has 1 saturated heterocycles. The Morgan fingerprint density at radius 2 is 1.33 bits per heavy atom. The fraction of sp³-hybridized carbons (Fsp3) is 0.308. The van der Waals surface area contributed by atoms with E-state index in [-0.39, 0.29) is 6.04 Å². The predicted molar refractivity (Wildman–Crippen MR) is 119 cm³/mol. The molecule has 2 atom stereocenters. The van der Waals surface area contributed by atoms with Gasteiger partial charge in [-0.2, -0.15) is 0 Å². The summed E-state index contributed by atoms with van der Waals surface area (Å²) in [5.41, 5.74) is 1.07. The molecule has 0 saturated carbocycles. The average Bonchev–Trinajstić information content (AvgIpc) is 2.80. The number of likely N-dealkylation sites (tertiary alicyclic amines) is 1. The van der Waals surface area contributed by atoms with Gasteiger partial charge in [0, 0.05) is 19.1 Å². The quantitative estimate of drug-likeness (QED) is 0.616. The Bertz CT molecular complexity index is 920. The first-order valence-electron chi connectivity index (χ1n) is 10.6. The van der Waals surface area contributed by atoms with Crippen molar-refractivity contribution in [3.8, 4) is 11.5 Å². The van der Waals surface area contributed by atoms with Gasteiger partial charge < -0.3 is 14.9 Å². The highest BCUT2D eigenvalue weighted by Gasteiger charge is 2.36. The lowest BCUT2D eigenvalue weighted by atomic mass is 9.83. The number of aliphatic hydroxyl groups excluding tert-OH is 1. The van der Waals surface area contributed by atoms with Crippen molar-refractivity contribution in [2.45, 2.75) is 37.5 Å². The standard InChI is InChI=1S/C26H29NO3/c1-20(27-18-16-26(29,17-19-27)22-8-4-2-5-9-22)25(28)21-12-14-24(15-13-21)30-23-10-6-3-7-11-23/h2-15,20,25,28-29H,16-19H2,1H3/t20-,25+/m0/s1. The highest BCUT2D eigenvalue weighted by molar-refractivity contribution is 5.34. The number of hydrogen-bond donors (Lipinski definition) is 2. The average molecular weight is 404 g/mol. The van der Waals surface area contributed by atoms with Crippen molar-refractivity contribution < 1.29 is 14.9 Å². The minimum Gasteiger partial charge on any atom is -0.457 e. The van der Waals surface area contributed by atoms with Gasteiger partial charge >= 0.3 is 0 Å². The topological polar surface area (TPSA) is 52.9 Å². The molecule has 0 unspecified atom stereocenters. The first kappa shape index (κ1) is 20.6. The summed E-state index contributed by atoms with van der Waals surface area (Å²) < 4.78 is 5.83. The number of hydrogen-bond acceptors (Lipinski definition) is 4. The van der Waals surface area contributed by atoms with Crippen LogP contribution in [0.15, 0.2) is 84.9 Å². The molecule has 0 amide bonds. The van der Waals surface area contributed by atoms with Gasteiger partial charge in [-0.3, -0.25) is 4.90 Å². The van der Waals surface area contributed by atoms with E-state index in [1.807, 2.05) is 91.9 Å². The zero-order valence-corrected chi connectivity index (χ0v) is 17.3. The fourth-order valence-corrected chi connectivity index (χ4v) is 4.17. The molecule has 0 aliphatic carbocycles. The molecule has 1 heterocycles. The first-order chi connectivity index (χ1) is 14.5. The molecular formula is C26H29NO3. The summed E-state index contributed by atoms with van der Waals surface area (Å²) in [6, 6.07) is 27.1. The molecular weight excluding hydrogens is 374 g/mol. The van der Waals surface area contributed by atoms with Crippen LogP contribution in [0.25, 0.3) is 0 Å². The lowest BCUT2D eigenvalue weighted by Gasteiger charge is -2.42. The van der Waals surface area contributed by atoms with Gasteiger partial charge in [-0.1, -0.05) is 60.7 Å². The highest BCUT2D eigenvalue weighted by atomic mass is 16.5. The van der Waals surface area contributed by atoms with Crippen molar-refractivity contribution in [1.29, 1.82) is 0 Å². The summed E-state index contributed by atoms with van der Waals surface area (Å²) >= 11 is 0. The second kappa shape index (κ2) is 9.00. The zero-order valence-electron chi connectivity index (χ0n) is 17.3. The maximum absolute atomic E-state index is 11.0. The summed E-state index contributed by atoms with van der Waals surface area (Å²) in [5.74, 6) is 1.54. The smallest absolute Gasteiger partial charge is 0.127 e. The normalized spacial score (nSPS) is 18.5. The predicted octanol–water partition coefficient (Wildman–Crippen LogP) is 4.88. The Kier molecular flexibility index (Phi) is 6.18. The van der Waals surface area contributed by atoms with Gasteiger partial charge in [0.05, 0.1) is 11.7 Å². The van der Waals surface area contributed by atoms with E-state index in [2.05, 4.69) is 4.90 Å². The van der Waals surface area contributed by atoms with E-state index in [9.17, 15) is 10.2 Å². The molecule has 2 N–H and O–H groups in total. The van der Waals surface area contributed by atoms with E-state index in [0.717, 1.165) is 35.7 Å². The third kappa shape index (κ3) is 4.57. The van der Waals surface area contributed by atoms with Crippen molar-refractivity contribution >= 4 is 0 Å². The van der Waals surface area contributed by atoms with Crippen molar-refractivity contribution in [1.82, 2.24) is 4.90 Å². The molecule has 4 nitrogen and oxygen atoms in total. The fourth-order valence-electron chi connectivity index (χ4n) is 4.17. The summed E-state index contributed by atoms with van der Waals surface area (Å²) in [4.78, 5) is 2.26. The molecule has 0 radical (unpaired) electrons. The number of nitrogens with zero attached hydrogens (tertiary/aromatic N) is 1. The van der Waals surface area contributed by atoms with E-state index in [0.29, 0.717) is 12.8 Å². The van der Waals surface area contributed by atoms with Crippen LogP contribution in [-0.4, -0.2) is 34.2 Å². The van der Waals surface area contributed by atoms with E-state index in [4.69, 9.17) is 4.74 Å². The Labute approximate surface area is 178 Å². The van der Waals surface area contributed by atoms with Gasteiger partial charge in [0.15, 0.2) is 0 Å². The van der Waals surface area contributed by atoms with Crippen molar-refractivity contribution in [3.63, 3.8) is 0 Å². The largest absolute Gasteiger partial charge is 0.457 e. The van der Waals surface area contributed by atoms with Crippen LogP contribution in [0.1, 0.15) is 37.0 Å². The van der Waals surface area contributed by atoms with Gasteiger partial charge in [-0.15, -0.1) is 0 Å².